The van der Waals surface area contributed by atoms with E-state index in [1.165, 1.54) is 25.7 Å². The predicted molar refractivity (Wildman–Crippen MR) is 86.1 cm³/mol. The first-order chi connectivity index (χ1) is 9.49. The summed E-state index contributed by atoms with van der Waals surface area (Å²) in [5, 5.41) is 3.61. The zero-order valence-corrected chi connectivity index (χ0v) is 13.9. The summed E-state index contributed by atoms with van der Waals surface area (Å²) in [5.41, 5.74) is 0.467. The van der Waals surface area contributed by atoms with E-state index in [0.29, 0.717) is 11.5 Å². The van der Waals surface area contributed by atoms with E-state index < -0.39 is 0 Å². The number of aliphatic imine (C=N–C) groups is 1. The lowest BCUT2D eigenvalue weighted by Gasteiger charge is -2.29. The second kappa shape index (κ2) is 6.33. The molecule has 0 radical (unpaired) electrons. The van der Waals surface area contributed by atoms with Crippen molar-refractivity contribution < 1.29 is 0 Å². The van der Waals surface area contributed by atoms with Crippen LogP contribution in [0, 0.1) is 11.3 Å². The van der Waals surface area contributed by atoms with E-state index in [4.69, 9.17) is 0 Å². The van der Waals surface area contributed by atoms with Crippen LogP contribution in [0.3, 0.4) is 0 Å². The molecule has 0 aromatic heterocycles. The molecule has 0 amide bonds. The number of likely N-dealkylation sites (N-methyl/N-ethyl adjacent to an activating group) is 1. The van der Waals surface area contributed by atoms with Gasteiger partial charge in [-0.15, -0.1) is 0 Å². The van der Waals surface area contributed by atoms with Crippen LogP contribution in [0.2, 0.25) is 0 Å². The van der Waals surface area contributed by atoms with Crippen LogP contribution in [-0.4, -0.2) is 62.6 Å². The topological polar surface area (TPSA) is 30.9 Å². The van der Waals surface area contributed by atoms with Gasteiger partial charge in [0.1, 0.15) is 0 Å². The third-order valence-corrected chi connectivity index (χ3v) is 5.22. The molecule has 0 aromatic carbocycles. The Bertz CT molecular complexity index is 346. The second-order valence-electron chi connectivity index (χ2n) is 7.13. The molecule has 0 spiro atoms. The van der Waals surface area contributed by atoms with E-state index >= 15 is 0 Å². The molecule has 116 valence electrons. The van der Waals surface area contributed by atoms with Crippen molar-refractivity contribution in [2.24, 2.45) is 16.3 Å². The minimum Gasteiger partial charge on any atom is -0.355 e. The molecule has 1 heterocycles. The lowest BCUT2D eigenvalue weighted by atomic mass is 9.87. The van der Waals surface area contributed by atoms with Gasteiger partial charge in [0, 0.05) is 32.7 Å². The summed E-state index contributed by atoms with van der Waals surface area (Å²) in [6.07, 6.45) is 5.31. The van der Waals surface area contributed by atoms with Gasteiger partial charge in [0.15, 0.2) is 5.96 Å². The van der Waals surface area contributed by atoms with Gasteiger partial charge in [-0.1, -0.05) is 13.8 Å². The van der Waals surface area contributed by atoms with Crippen molar-refractivity contribution in [2.45, 2.75) is 45.6 Å². The van der Waals surface area contributed by atoms with Gasteiger partial charge in [-0.05, 0) is 51.1 Å². The van der Waals surface area contributed by atoms with Crippen LogP contribution in [0.25, 0.3) is 0 Å². The molecule has 2 atom stereocenters. The third-order valence-electron chi connectivity index (χ3n) is 5.22. The summed E-state index contributed by atoms with van der Waals surface area (Å²) in [5.74, 6) is 1.98. The largest absolute Gasteiger partial charge is 0.355 e. The zero-order valence-electron chi connectivity index (χ0n) is 13.9. The van der Waals surface area contributed by atoms with Gasteiger partial charge < -0.3 is 15.1 Å². The molecule has 4 heteroatoms. The minimum atomic E-state index is 0.467. The standard InChI is InChI=1S/C16H32N4/c1-6-16(2)9-10-20(12-16)15(17-3)18-11-14(19(4)5)13-7-8-13/h13-14H,6-12H2,1-5H3,(H,17,18). The molecule has 2 fully saturated rings. The molecular weight excluding hydrogens is 248 g/mol. The van der Waals surface area contributed by atoms with Gasteiger partial charge in [-0.3, -0.25) is 4.99 Å². The van der Waals surface area contributed by atoms with Gasteiger partial charge in [-0.25, -0.2) is 0 Å². The van der Waals surface area contributed by atoms with Crippen molar-refractivity contribution >= 4 is 5.96 Å². The molecule has 1 aliphatic heterocycles. The van der Waals surface area contributed by atoms with Gasteiger partial charge in [0.05, 0.1) is 0 Å². The second-order valence-corrected chi connectivity index (χ2v) is 7.13. The van der Waals surface area contributed by atoms with Gasteiger partial charge in [0.25, 0.3) is 0 Å². The van der Waals surface area contributed by atoms with Gasteiger partial charge in [-0.2, -0.15) is 0 Å². The number of nitrogens with zero attached hydrogens (tertiary/aromatic N) is 3. The number of guanidine groups is 1. The Morgan fingerprint density at radius 1 is 1.45 bits per heavy atom. The smallest absolute Gasteiger partial charge is 0.193 e. The van der Waals surface area contributed by atoms with Crippen molar-refractivity contribution in [1.29, 1.82) is 0 Å². The molecular formula is C16H32N4. The Balaban J connectivity index is 1.87. The zero-order chi connectivity index (χ0) is 14.8. The first-order valence-electron chi connectivity index (χ1n) is 8.11. The third kappa shape index (κ3) is 3.66. The Hall–Kier alpha value is -0.770. The van der Waals surface area contributed by atoms with Gasteiger partial charge >= 0.3 is 0 Å². The van der Waals surface area contributed by atoms with Crippen LogP contribution < -0.4 is 5.32 Å². The number of hydrogen-bond acceptors (Lipinski definition) is 2. The maximum atomic E-state index is 4.49. The first kappa shape index (κ1) is 15.6. The van der Waals surface area contributed by atoms with E-state index in [2.05, 4.69) is 48.1 Å². The molecule has 2 rings (SSSR count). The summed E-state index contributed by atoms with van der Waals surface area (Å²) in [4.78, 5) is 9.29. The molecule has 20 heavy (non-hydrogen) atoms. The fraction of sp³-hybridized carbons (Fsp3) is 0.938. The highest BCUT2D eigenvalue weighted by atomic mass is 15.3. The van der Waals surface area contributed by atoms with Crippen molar-refractivity contribution in [3.05, 3.63) is 0 Å². The first-order valence-corrected chi connectivity index (χ1v) is 8.11. The number of hydrogen-bond donors (Lipinski definition) is 1. The predicted octanol–water partition coefficient (Wildman–Crippen LogP) is 2.02. The van der Waals surface area contributed by atoms with Crippen molar-refractivity contribution in [3.63, 3.8) is 0 Å². The number of likely N-dealkylation sites (tertiary alicyclic amines) is 1. The van der Waals surface area contributed by atoms with Crippen LogP contribution in [0.5, 0.6) is 0 Å². The van der Waals surface area contributed by atoms with Crippen LogP contribution in [-0.2, 0) is 0 Å². The molecule has 2 aliphatic rings. The molecule has 0 bridgehead atoms. The van der Waals surface area contributed by atoms with Crippen molar-refractivity contribution in [1.82, 2.24) is 15.1 Å². The number of nitrogens with one attached hydrogen (secondary N) is 1. The highest BCUT2D eigenvalue weighted by Gasteiger charge is 2.35. The average molecular weight is 280 g/mol. The maximum absolute atomic E-state index is 4.49. The van der Waals surface area contributed by atoms with Crippen molar-refractivity contribution in [2.75, 3.05) is 40.8 Å². The Labute approximate surface area is 124 Å². The van der Waals surface area contributed by atoms with Crippen molar-refractivity contribution in [3.8, 4) is 0 Å². The number of rotatable bonds is 5. The summed E-state index contributed by atoms with van der Waals surface area (Å²) in [6.45, 7) is 7.99. The summed E-state index contributed by atoms with van der Waals surface area (Å²) < 4.78 is 0. The van der Waals surface area contributed by atoms with E-state index in [-0.39, 0.29) is 0 Å². The quantitative estimate of drug-likeness (QED) is 0.617. The van der Waals surface area contributed by atoms with Crippen LogP contribution in [0.1, 0.15) is 39.5 Å². The minimum absolute atomic E-state index is 0.467. The summed E-state index contributed by atoms with van der Waals surface area (Å²) in [7, 11) is 6.29. The summed E-state index contributed by atoms with van der Waals surface area (Å²) in [6, 6.07) is 0.645. The normalized spacial score (nSPS) is 29.1. The van der Waals surface area contributed by atoms with E-state index in [0.717, 1.165) is 31.5 Å². The highest BCUT2D eigenvalue weighted by molar-refractivity contribution is 5.80. The molecule has 1 aliphatic carbocycles. The van der Waals surface area contributed by atoms with Crippen LogP contribution in [0.4, 0.5) is 0 Å². The molecule has 4 nitrogen and oxygen atoms in total. The molecule has 0 aromatic rings. The average Bonchev–Trinajstić information content (AvgIpc) is 3.17. The Morgan fingerprint density at radius 3 is 2.60 bits per heavy atom. The Morgan fingerprint density at radius 2 is 2.15 bits per heavy atom. The lowest BCUT2D eigenvalue weighted by molar-refractivity contribution is 0.260. The molecule has 1 saturated heterocycles. The fourth-order valence-electron chi connectivity index (χ4n) is 3.27. The van der Waals surface area contributed by atoms with Crippen LogP contribution in [0.15, 0.2) is 4.99 Å². The van der Waals surface area contributed by atoms with E-state index in [9.17, 15) is 0 Å². The maximum Gasteiger partial charge on any atom is 0.193 e. The SMILES string of the molecule is CCC1(C)CCN(C(=NC)NCC(C2CC2)N(C)C)C1. The van der Waals surface area contributed by atoms with Crippen LogP contribution >= 0.6 is 0 Å². The molecule has 1 saturated carbocycles. The summed E-state index contributed by atoms with van der Waals surface area (Å²) >= 11 is 0. The highest BCUT2D eigenvalue weighted by Crippen LogP contribution is 2.35. The monoisotopic (exact) mass is 280 g/mol. The van der Waals surface area contributed by atoms with E-state index in [1.54, 1.807) is 0 Å². The Kier molecular flexibility index (Phi) is 4.95. The molecule has 2 unspecified atom stereocenters. The van der Waals surface area contributed by atoms with E-state index in [1.807, 2.05) is 7.05 Å². The fourth-order valence-corrected chi connectivity index (χ4v) is 3.27. The van der Waals surface area contributed by atoms with Gasteiger partial charge in [0.2, 0.25) is 0 Å². The lowest BCUT2D eigenvalue weighted by Crippen LogP contribution is -2.47. The molecule has 1 N–H and O–H groups in total.